The highest BCUT2D eigenvalue weighted by molar-refractivity contribution is 5.99. The fourth-order valence-corrected chi connectivity index (χ4v) is 5.13. The molecule has 196 valence electrons. The first kappa shape index (κ1) is 27.3. The summed E-state index contributed by atoms with van der Waals surface area (Å²) in [6.07, 6.45) is 6.54. The van der Waals surface area contributed by atoms with Crippen LogP contribution in [-0.4, -0.2) is 80.3 Å². The summed E-state index contributed by atoms with van der Waals surface area (Å²) in [7, 11) is 3.50. The fraction of sp³-hybridized carbons (Fsp3) is 0.704. The number of rotatable bonds is 5. The van der Waals surface area contributed by atoms with E-state index in [4.69, 9.17) is 9.47 Å². The van der Waals surface area contributed by atoms with Crippen molar-refractivity contribution in [1.29, 1.82) is 0 Å². The zero-order valence-corrected chi connectivity index (χ0v) is 22.1. The summed E-state index contributed by atoms with van der Waals surface area (Å²) < 4.78 is 12.0. The zero-order chi connectivity index (χ0) is 25.4. The Morgan fingerprint density at radius 2 is 1.91 bits per heavy atom. The second-order valence-electron chi connectivity index (χ2n) is 10.2. The molecule has 8 heteroatoms. The molecule has 1 aliphatic carbocycles. The number of fused-ring (bicyclic) bond motifs is 1. The number of ether oxygens (including phenoxy) is 2. The SMILES string of the molecule is CCCN1C[C@H](C)[C@H](OC)CN(C)C(=O)c2cc(NC(=O)NC3CCCCC3)ccc2OC[C@H]1C. The Bertz CT molecular complexity index is 842. The molecule has 2 N–H and O–H groups in total. The Kier molecular flexibility index (Phi) is 10.2. The molecule has 1 aromatic rings. The molecule has 1 aromatic carbocycles. The Morgan fingerprint density at radius 1 is 1.17 bits per heavy atom. The first-order valence-electron chi connectivity index (χ1n) is 13.2. The lowest BCUT2D eigenvalue weighted by Gasteiger charge is -2.35. The van der Waals surface area contributed by atoms with Gasteiger partial charge in [-0.05, 0) is 56.8 Å². The van der Waals surface area contributed by atoms with Crippen LogP contribution >= 0.6 is 0 Å². The van der Waals surface area contributed by atoms with Crippen LogP contribution < -0.4 is 15.4 Å². The van der Waals surface area contributed by atoms with Crippen molar-refractivity contribution in [3.05, 3.63) is 23.8 Å². The molecule has 1 aliphatic heterocycles. The van der Waals surface area contributed by atoms with Crippen molar-refractivity contribution in [1.82, 2.24) is 15.1 Å². The number of nitrogens with zero attached hydrogens (tertiary/aromatic N) is 2. The Labute approximate surface area is 210 Å². The van der Waals surface area contributed by atoms with Crippen LogP contribution in [0.2, 0.25) is 0 Å². The molecule has 35 heavy (non-hydrogen) atoms. The minimum absolute atomic E-state index is 0.0816. The molecule has 0 radical (unpaired) electrons. The van der Waals surface area contributed by atoms with E-state index in [-0.39, 0.29) is 36.0 Å². The normalized spacial score (nSPS) is 25.1. The maximum atomic E-state index is 13.5. The van der Waals surface area contributed by atoms with Crippen LogP contribution in [0, 0.1) is 5.92 Å². The van der Waals surface area contributed by atoms with Crippen LogP contribution in [0.1, 0.15) is 69.7 Å². The predicted octanol–water partition coefficient (Wildman–Crippen LogP) is 4.36. The lowest BCUT2D eigenvalue weighted by Crippen LogP contribution is -2.46. The summed E-state index contributed by atoms with van der Waals surface area (Å²) in [5, 5.41) is 5.98. The monoisotopic (exact) mass is 488 g/mol. The Hall–Kier alpha value is -2.32. The van der Waals surface area contributed by atoms with E-state index in [1.807, 2.05) is 0 Å². The van der Waals surface area contributed by atoms with Crippen LogP contribution in [-0.2, 0) is 4.74 Å². The number of nitrogens with one attached hydrogen (secondary N) is 2. The summed E-state index contributed by atoms with van der Waals surface area (Å²) in [6.45, 7) is 9.33. The van der Waals surface area contributed by atoms with Crippen molar-refractivity contribution in [3.8, 4) is 5.75 Å². The van der Waals surface area contributed by atoms with Crippen molar-refractivity contribution in [3.63, 3.8) is 0 Å². The number of amides is 3. The quantitative estimate of drug-likeness (QED) is 0.644. The highest BCUT2D eigenvalue weighted by Gasteiger charge is 2.28. The molecule has 1 heterocycles. The number of anilines is 1. The van der Waals surface area contributed by atoms with Crippen LogP contribution in [0.15, 0.2) is 18.2 Å². The molecule has 0 saturated heterocycles. The molecule has 0 spiro atoms. The van der Waals surface area contributed by atoms with Crippen molar-refractivity contribution >= 4 is 17.6 Å². The third kappa shape index (κ3) is 7.58. The lowest BCUT2D eigenvalue weighted by atomic mass is 9.96. The van der Waals surface area contributed by atoms with Gasteiger partial charge < -0.3 is 25.0 Å². The number of benzene rings is 1. The molecule has 0 unspecified atom stereocenters. The molecule has 0 bridgehead atoms. The average molecular weight is 489 g/mol. The molecular formula is C27H44N4O4. The number of urea groups is 1. The summed E-state index contributed by atoms with van der Waals surface area (Å²) in [5.74, 6) is 0.634. The van der Waals surface area contributed by atoms with E-state index < -0.39 is 0 Å². The Balaban J connectivity index is 1.82. The van der Waals surface area contributed by atoms with Crippen molar-refractivity contribution in [2.24, 2.45) is 5.92 Å². The van der Waals surface area contributed by atoms with E-state index in [2.05, 4.69) is 36.3 Å². The lowest BCUT2D eigenvalue weighted by molar-refractivity contribution is 0.0108. The van der Waals surface area contributed by atoms with E-state index in [9.17, 15) is 9.59 Å². The number of hydrogen-bond donors (Lipinski definition) is 2. The number of methoxy groups -OCH3 is 1. The topological polar surface area (TPSA) is 83.1 Å². The second-order valence-corrected chi connectivity index (χ2v) is 10.2. The summed E-state index contributed by atoms with van der Waals surface area (Å²) in [4.78, 5) is 30.2. The van der Waals surface area contributed by atoms with Gasteiger partial charge in [0.15, 0.2) is 0 Å². The molecule has 0 aromatic heterocycles. The van der Waals surface area contributed by atoms with Gasteiger partial charge >= 0.3 is 6.03 Å². The third-order valence-corrected chi connectivity index (χ3v) is 7.28. The highest BCUT2D eigenvalue weighted by atomic mass is 16.5. The maximum Gasteiger partial charge on any atom is 0.319 e. The van der Waals surface area contributed by atoms with Crippen LogP contribution in [0.25, 0.3) is 0 Å². The van der Waals surface area contributed by atoms with Crippen LogP contribution in [0.4, 0.5) is 10.5 Å². The number of likely N-dealkylation sites (N-methyl/N-ethyl adjacent to an activating group) is 1. The average Bonchev–Trinajstić information content (AvgIpc) is 2.85. The van der Waals surface area contributed by atoms with Gasteiger partial charge in [-0.1, -0.05) is 33.1 Å². The van der Waals surface area contributed by atoms with Gasteiger partial charge in [-0.2, -0.15) is 0 Å². The van der Waals surface area contributed by atoms with Gasteiger partial charge in [0.25, 0.3) is 5.91 Å². The summed E-state index contributed by atoms with van der Waals surface area (Å²) >= 11 is 0. The van der Waals surface area contributed by atoms with E-state index in [1.165, 1.54) is 6.42 Å². The van der Waals surface area contributed by atoms with Gasteiger partial charge in [0, 0.05) is 45.0 Å². The molecule has 1 fully saturated rings. The summed E-state index contributed by atoms with van der Waals surface area (Å²) in [6, 6.07) is 5.48. The second kappa shape index (κ2) is 13.1. The number of carbonyl (C=O) groups is 2. The van der Waals surface area contributed by atoms with Gasteiger partial charge in [-0.25, -0.2) is 4.79 Å². The standard InChI is InChI=1S/C27H44N4O4/c1-6-14-31-16-19(2)25(34-5)17-30(4)26(32)23-15-22(12-13-24(23)35-18-20(31)3)29-27(33)28-21-10-8-7-9-11-21/h12-13,15,19-21,25H,6-11,14,16-18H2,1-5H3,(H2,28,29,33)/t19-,20+,25+/m0/s1. The third-order valence-electron chi connectivity index (χ3n) is 7.28. The van der Waals surface area contributed by atoms with E-state index in [0.717, 1.165) is 45.2 Å². The summed E-state index contributed by atoms with van der Waals surface area (Å²) in [5.41, 5.74) is 1.02. The van der Waals surface area contributed by atoms with Crippen LogP contribution in [0.3, 0.4) is 0 Å². The molecular weight excluding hydrogens is 444 g/mol. The molecule has 3 rings (SSSR count). The van der Waals surface area contributed by atoms with Crippen molar-refractivity contribution in [2.45, 2.75) is 77.5 Å². The van der Waals surface area contributed by atoms with E-state index in [0.29, 0.717) is 30.2 Å². The van der Waals surface area contributed by atoms with Crippen molar-refractivity contribution < 1.29 is 19.1 Å². The first-order chi connectivity index (χ1) is 16.8. The predicted molar refractivity (Wildman–Crippen MR) is 139 cm³/mol. The van der Waals surface area contributed by atoms with Crippen LogP contribution in [0.5, 0.6) is 5.75 Å². The van der Waals surface area contributed by atoms with Gasteiger partial charge in [-0.15, -0.1) is 0 Å². The number of carbonyl (C=O) groups excluding carboxylic acids is 2. The van der Waals surface area contributed by atoms with Crippen molar-refractivity contribution in [2.75, 3.05) is 45.7 Å². The molecule has 1 saturated carbocycles. The minimum atomic E-state index is -0.233. The van der Waals surface area contributed by atoms with E-state index in [1.54, 1.807) is 37.3 Å². The smallest absolute Gasteiger partial charge is 0.319 e. The maximum absolute atomic E-state index is 13.5. The van der Waals surface area contributed by atoms with E-state index >= 15 is 0 Å². The largest absolute Gasteiger partial charge is 0.491 e. The molecule has 8 nitrogen and oxygen atoms in total. The fourth-order valence-electron chi connectivity index (χ4n) is 5.13. The number of hydrogen-bond acceptors (Lipinski definition) is 5. The first-order valence-corrected chi connectivity index (χ1v) is 13.2. The zero-order valence-electron chi connectivity index (χ0n) is 22.1. The van der Waals surface area contributed by atoms with Gasteiger partial charge in [0.2, 0.25) is 0 Å². The van der Waals surface area contributed by atoms with Gasteiger partial charge in [-0.3, -0.25) is 9.69 Å². The molecule has 3 atom stereocenters. The minimum Gasteiger partial charge on any atom is -0.491 e. The Morgan fingerprint density at radius 3 is 2.60 bits per heavy atom. The highest BCUT2D eigenvalue weighted by Crippen LogP contribution is 2.27. The van der Waals surface area contributed by atoms with Gasteiger partial charge in [0.1, 0.15) is 12.4 Å². The molecule has 3 amide bonds. The molecule has 2 aliphatic rings. The van der Waals surface area contributed by atoms with Gasteiger partial charge in [0.05, 0.1) is 11.7 Å².